The molecule has 0 aliphatic rings. The second-order valence-electron chi connectivity index (χ2n) is 5.22. The van der Waals surface area contributed by atoms with Crippen molar-refractivity contribution < 1.29 is 5.11 Å². The fraction of sp³-hybridized carbons (Fsp3) is 0.353. The Morgan fingerprint density at radius 3 is 2.57 bits per heavy atom. The molecule has 0 radical (unpaired) electrons. The van der Waals surface area contributed by atoms with Crippen molar-refractivity contribution in [2.45, 2.75) is 26.5 Å². The van der Waals surface area contributed by atoms with Crippen molar-refractivity contribution in [1.82, 2.24) is 9.88 Å². The largest absolute Gasteiger partial charge is 0.387 e. The van der Waals surface area contributed by atoms with E-state index in [0.29, 0.717) is 18.1 Å². The molecule has 0 amide bonds. The minimum Gasteiger partial charge on any atom is -0.387 e. The van der Waals surface area contributed by atoms with Crippen molar-refractivity contribution in [1.29, 1.82) is 0 Å². The van der Waals surface area contributed by atoms with Gasteiger partial charge in [-0.05, 0) is 30.7 Å². The lowest BCUT2D eigenvalue weighted by Gasteiger charge is -2.24. The van der Waals surface area contributed by atoms with Gasteiger partial charge in [-0.3, -0.25) is 9.88 Å². The Kier molecular flexibility index (Phi) is 5.74. The number of halogens is 1. The van der Waals surface area contributed by atoms with Gasteiger partial charge >= 0.3 is 0 Å². The normalized spacial score (nSPS) is 12.6. The van der Waals surface area contributed by atoms with Gasteiger partial charge in [-0.1, -0.05) is 48.4 Å². The van der Waals surface area contributed by atoms with Crippen LogP contribution in [0.25, 0.3) is 0 Å². The first-order valence-corrected chi connectivity index (χ1v) is 7.53. The van der Waals surface area contributed by atoms with Crippen molar-refractivity contribution in [3.63, 3.8) is 0 Å². The first kappa shape index (κ1) is 16.0. The van der Waals surface area contributed by atoms with Crippen LogP contribution in [0.4, 0.5) is 0 Å². The molecule has 1 N–H and O–H groups in total. The van der Waals surface area contributed by atoms with Gasteiger partial charge in [0.2, 0.25) is 0 Å². The van der Waals surface area contributed by atoms with Crippen LogP contribution in [0.5, 0.6) is 0 Å². The molecular formula is C17H21ClN2O. The zero-order chi connectivity index (χ0) is 15.2. The zero-order valence-corrected chi connectivity index (χ0v) is 13.2. The molecule has 1 heterocycles. The molecule has 21 heavy (non-hydrogen) atoms. The van der Waals surface area contributed by atoms with Gasteiger partial charge in [0.15, 0.2) is 0 Å². The van der Waals surface area contributed by atoms with Crippen LogP contribution >= 0.6 is 11.6 Å². The van der Waals surface area contributed by atoms with Gasteiger partial charge < -0.3 is 5.11 Å². The van der Waals surface area contributed by atoms with Crippen LogP contribution in [0.1, 0.15) is 29.7 Å². The summed E-state index contributed by atoms with van der Waals surface area (Å²) in [6, 6.07) is 9.92. The van der Waals surface area contributed by atoms with Gasteiger partial charge in [0.05, 0.1) is 11.1 Å². The van der Waals surface area contributed by atoms with E-state index in [9.17, 15) is 5.11 Å². The van der Waals surface area contributed by atoms with Crippen LogP contribution in [-0.2, 0) is 6.54 Å². The van der Waals surface area contributed by atoms with E-state index in [-0.39, 0.29) is 0 Å². The Labute approximate surface area is 131 Å². The molecule has 0 aliphatic carbocycles. The van der Waals surface area contributed by atoms with Crippen LogP contribution in [0.15, 0.2) is 42.7 Å². The Balaban J connectivity index is 2.02. The number of aliphatic hydroxyl groups is 1. The summed E-state index contributed by atoms with van der Waals surface area (Å²) in [4.78, 5) is 6.17. The van der Waals surface area contributed by atoms with E-state index in [4.69, 9.17) is 11.6 Å². The number of likely N-dealkylation sites (N-methyl/N-ethyl adjacent to an activating group) is 1. The Bertz CT molecular complexity index is 571. The summed E-state index contributed by atoms with van der Waals surface area (Å²) in [6.45, 7) is 6.26. The summed E-state index contributed by atoms with van der Waals surface area (Å²) in [6.07, 6.45) is 2.90. The number of benzene rings is 1. The molecule has 0 fully saturated rings. The number of aliphatic hydroxyl groups excluding tert-OH is 1. The third-order valence-electron chi connectivity index (χ3n) is 3.59. The lowest BCUT2D eigenvalue weighted by molar-refractivity contribution is 0.112. The molecular weight excluding hydrogens is 284 g/mol. The minimum atomic E-state index is -0.494. The van der Waals surface area contributed by atoms with Gasteiger partial charge in [0.25, 0.3) is 0 Å². The lowest BCUT2D eigenvalue weighted by atomic mass is 10.1. The lowest BCUT2D eigenvalue weighted by Crippen LogP contribution is -2.28. The maximum Gasteiger partial charge on any atom is 0.0917 e. The average Bonchev–Trinajstić information content (AvgIpc) is 2.49. The van der Waals surface area contributed by atoms with E-state index in [0.717, 1.165) is 17.7 Å². The van der Waals surface area contributed by atoms with E-state index in [1.165, 1.54) is 5.56 Å². The van der Waals surface area contributed by atoms with Gasteiger partial charge in [0, 0.05) is 25.5 Å². The third-order valence-corrected chi connectivity index (χ3v) is 3.93. The monoisotopic (exact) mass is 304 g/mol. The summed E-state index contributed by atoms with van der Waals surface area (Å²) in [5.41, 5.74) is 3.17. The molecule has 1 unspecified atom stereocenters. The minimum absolute atomic E-state index is 0.494. The number of hydrogen-bond donors (Lipinski definition) is 1. The predicted octanol–water partition coefficient (Wildman–Crippen LogP) is 3.60. The highest BCUT2D eigenvalue weighted by atomic mass is 35.5. The average molecular weight is 305 g/mol. The van der Waals surface area contributed by atoms with Crippen molar-refractivity contribution >= 4 is 11.6 Å². The van der Waals surface area contributed by atoms with Gasteiger partial charge in [0.1, 0.15) is 0 Å². The van der Waals surface area contributed by atoms with Crippen LogP contribution < -0.4 is 0 Å². The van der Waals surface area contributed by atoms with E-state index in [2.05, 4.69) is 16.8 Å². The Hall–Kier alpha value is -1.42. The van der Waals surface area contributed by atoms with E-state index in [1.807, 2.05) is 37.3 Å². The van der Waals surface area contributed by atoms with Gasteiger partial charge in [-0.2, -0.15) is 0 Å². The molecule has 1 atom stereocenters. The highest BCUT2D eigenvalue weighted by Gasteiger charge is 2.13. The molecule has 2 aromatic rings. The summed E-state index contributed by atoms with van der Waals surface area (Å²) in [5.74, 6) is 0. The van der Waals surface area contributed by atoms with Crippen LogP contribution in [0.3, 0.4) is 0 Å². The zero-order valence-electron chi connectivity index (χ0n) is 12.5. The first-order chi connectivity index (χ1) is 10.1. The molecule has 0 saturated carbocycles. The second-order valence-corrected chi connectivity index (χ2v) is 5.63. The molecule has 2 rings (SSSR count). The summed E-state index contributed by atoms with van der Waals surface area (Å²) in [7, 11) is 0. The fourth-order valence-electron chi connectivity index (χ4n) is 2.22. The van der Waals surface area contributed by atoms with E-state index >= 15 is 0 Å². The van der Waals surface area contributed by atoms with Crippen molar-refractivity contribution in [3.8, 4) is 0 Å². The molecule has 0 aliphatic heterocycles. The maximum absolute atomic E-state index is 10.4. The quantitative estimate of drug-likeness (QED) is 0.886. The smallest absolute Gasteiger partial charge is 0.0917 e. The SMILES string of the molecule is CCN(Cc1ccncc1Cl)CC(O)c1ccc(C)cc1. The van der Waals surface area contributed by atoms with Gasteiger partial charge in [-0.25, -0.2) is 0 Å². The Morgan fingerprint density at radius 1 is 1.24 bits per heavy atom. The second kappa shape index (κ2) is 7.55. The molecule has 4 heteroatoms. The molecule has 3 nitrogen and oxygen atoms in total. The van der Waals surface area contributed by atoms with Crippen molar-refractivity contribution in [2.75, 3.05) is 13.1 Å². The van der Waals surface area contributed by atoms with Crippen LogP contribution in [0, 0.1) is 6.92 Å². The first-order valence-electron chi connectivity index (χ1n) is 7.15. The molecule has 0 spiro atoms. The third kappa shape index (κ3) is 4.53. The van der Waals surface area contributed by atoms with Crippen molar-refractivity contribution in [3.05, 3.63) is 64.4 Å². The summed E-state index contributed by atoms with van der Waals surface area (Å²) >= 11 is 6.14. The van der Waals surface area contributed by atoms with Crippen LogP contribution in [0.2, 0.25) is 5.02 Å². The molecule has 1 aromatic carbocycles. The number of rotatable bonds is 6. The van der Waals surface area contributed by atoms with Crippen molar-refractivity contribution in [2.24, 2.45) is 0 Å². The standard InChI is InChI=1S/C17H21ClN2O/c1-3-20(11-15-8-9-19-10-16(15)18)12-17(21)14-6-4-13(2)5-7-14/h4-10,17,21H,3,11-12H2,1-2H3. The molecule has 112 valence electrons. The fourth-order valence-corrected chi connectivity index (χ4v) is 2.40. The maximum atomic E-state index is 10.4. The van der Waals surface area contributed by atoms with E-state index in [1.54, 1.807) is 12.4 Å². The Morgan fingerprint density at radius 2 is 1.95 bits per heavy atom. The number of pyridine rings is 1. The summed E-state index contributed by atoms with van der Waals surface area (Å²) < 4.78 is 0. The highest BCUT2D eigenvalue weighted by molar-refractivity contribution is 6.31. The topological polar surface area (TPSA) is 36.4 Å². The number of aryl methyl sites for hydroxylation is 1. The number of aromatic nitrogens is 1. The molecule has 0 bridgehead atoms. The van der Waals surface area contributed by atoms with Crippen LogP contribution in [-0.4, -0.2) is 28.1 Å². The van der Waals surface area contributed by atoms with Gasteiger partial charge in [-0.15, -0.1) is 0 Å². The van der Waals surface area contributed by atoms with E-state index < -0.39 is 6.10 Å². The molecule has 1 aromatic heterocycles. The number of hydrogen-bond acceptors (Lipinski definition) is 3. The number of nitrogens with zero attached hydrogens (tertiary/aromatic N) is 2. The summed E-state index contributed by atoms with van der Waals surface area (Å²) in [5, 5.41) is 11.0. The molecule has 0 saturated heterocycles. The predicted molar refractivity (Wildman–Crippen MR) is 86.3 cm³/mol. The highest BCUT2D eigenvalue weighted by Crippen LogP contribution is 2.19.